The summed E-state index contributed by atoms with van der Waals surface area (Å²) in [5.74, 6) is 0.538. The molecule has 0 spiro atoms. The third kappa shape index (κ3) is 5.10. The summed E-state index contributed by atoms with van der Waals surface area (Å²) in [7, 11) is 0. The molecule has 2 aromatic rings. The minimum absolute atomic E-state index is 0.507. The molecule has 3 N–H and O–H groups in total. The molecule has 0 aliphatic rings. The van der Waals surface area contributed by atoms with Gasteiger partial charge < -0.3 is 14.6 Å². The Balaban J connectivity index is 1.87. The number of nitrogens with one attached hydrogen (secondary N) is 3. The minimum atomic E-state index is -0.541. The van der Waals surface area contributed by atoms with Gasteiger partial charge in [-0.3, -0.25) is 10.4 Å². The summed E-state index contributed by atoms with van der Waals surface area (Å²) in [5, 5.41) is 12.7. The maximum atomic E-state index is 11.8. The number of anilines is 1. The van der Waals surface area contributed by atoms with Crippen LogP contribution in [0.3, 0.4) is 0 Å². The highest BCUT2D eigenvalue weighted by Crippen LogP contribution is 2.14. The van der Waals surface area contributed by atoms with Crippen LogP contribution in [0.5, 0.6) is 0 Å². The van der Waals surface area contributed by atoms with Crippen LogP contribution in [0.1, 0.15) is 39.0 Å². The molecule has 0 aliphatic carbocycles. The number of aromatic nitrogens is 4. The van der Waals surface area contributed by atoms with E-state index in [1.807, 2.05) is 33.3 Å². The van der Waals surface area contributed by atoms with Crippen molar-refractivity contribution < 1.29 is 9.53 Å². The van der Waals surface area contributed by atoms with E-state index < -0.39 is 11.7 Å². The van der Waals surface area contributed by atoms with Crippen LogP contribution < -0.4 is 10.6 Å². The second kappa shape index (κ2) is 7.28. The molecule has 2 heterocycles. The maximum absolute atomic E-state index is 11.8. The predicted octanol–water partition coefficient (Wildman–Crippen LogP) is 2.26. The van der Waals surface area contributed by atoms with E-state index >= 15 is 0 Å². The quantitative estimate of drug-likeness (QED) is 0.758. The zero-order chi connectivity index (χ0) is 16.9. The highest BCUT2D eigenvalue weighted by Gasteiger charge is 2.17. The zero-order valence-electron chi connectivity index (χ0n) is 14.0. The number of ether oxygens (including phenoxy) is 1. The topological polar surface area (TPSA) is 96.9 Å². The summed E-state index contributed by atoms with van der Waals surface area (Å²) in [6.07, 6.45) is 4.82. The smallest absolute Gasteiger partial charge is 0.413 e. The average molecular weight is 320 g/mol. The summed E-state index contributed by atoms with van der Waals surface area (Å²) >= 11 is 0. The maximum Gasteiger partial charge on any atom is 0.413 e. The minimum Gasteiger partial charge on any atom is -0.444 e. The molecular formula is C15H24N6O2. The first-order valence-corrected chi connectivity index (χ1v) is 7.61. The number of aromatic amines is 1. The zero-order valence-corrected chi connectivity index (χ0v) is 14.0. The van der Waals surface area contributed by atoms with Crippen LogP contribution in [0.2, 0.25) is 0 Å². The number of hydrogen-bond acceptors (Lipinski definition) is 5. The van der Waals surface area contributed by atoms with E-state index in [1.54, 1.807) is 6.20 Å². The number of nitrogens with zero attached hydrogens (tertiary/aromatic N) is 3. The van der Waals surface area contributed by atoms with Gasteiger partial charge in [-0.15, -0.1) is 0 Å². The van der Waals surface area contributed by atoms with Crippen molar-refractivity contribution in [2.75, 3.05) is 5.32 Å². The summed E-state index contributed by atoms with van der Waals surface area (Å²) in [6, 6.07) is 0. The molecule has 0 unspecified atom stereocenters. The summed E-state index contributed by atoms with van der Waals surface area (Å²) < 4.78 is 7.30. The number of carbonyl (C=O) groups is 1. The molecule has 0 fully saturated rings. The average Bonchev–Trinajstić information content (AvgIpc) is 3.06. The van der Waals surface area contributed by atoms with E-state index in [1.165, 1.54) is 0 Å². The van der Waals surface area contributed by atoms with E-state index in [0.29, 0.717) is 18.9 Å². The second-order valence-electron chi connectivity index (χ2n) is 6.17. The van der Waals surface area contributed by atoms with Crippen molar-refractivity contribution in [3.05, 3.63) is 30.0 Å². The fourth-order valence-electron chi connectivity index (χ4n) is 2.06. The Morgan fingerprint density at radius 3 is 2.83 bits per heavy atom. The fourth-order valence-corrected chi connectivity index (χ4v) is 2.06. The van der Waals surface area contributed by atoms with Crippen LogP contribution in [-0.4, -0.2) is 31.4 Å². The van der Waals surface area contributed by atoms with Crippen molar-refractivity contribution in [1.29, 1.82) is 0 Å². The number of carbonyl (C=O) groups excluding carboxylic acids is 1. The summed E-state index contributed by atoms with van der Waals surface area (Å²) in [4.78, 5) is 15.9. The Hall–Kier alpha value is -2.35. The van der Waals surface area contributed by atoms with Gasteiger partial charge in [0.2, 0.25) is 0 Å². The lowest BCUT2D eigenvalue weighted by Gasteiger charge is -2.19. The second-order valence-corrected chi connectivity index (χ2v) is 6.17. The number of imidazole rings is 1. The molecule has 8 nitrogen and oxygen atoms in total. The van der Waals surface area contributed by atoms with Gasteiger partial charge >= 0.3 is 6.09 Å². The lowest BCUT2D eigenvalue weighted by molar-refractivity contribution is 0.0635. The first-order valence-electron chi connectivity index (χ1n) is 7.61. The van der Waals surface area contributed by atoms with E-state index in [0.717, 1.165) is 17.8 Å². The molecule has 0 saturated carbocycles. The van der Waals surface area contributed by atoms with Gasteiger partial charge in [-0.1, -0.05) is 0 Å². The molecule has 0 atom stereocenters. The Morgan fingerprint density at radius 2 is 2.13 bits per heavy atom. The van der Waals surface area contributed by atoms with Crippen molar-refractivity contribution in [2.45, 2.75) is 52.9 Å². The number of hydrogen-bond donors (Lipinski definition) is 3. The van der Waals surface area contributed by atoms with Crippen molar-refractivity contribution in [1.82, 2.24) is 25.1 Å². The van der Waals surface area contributed by atoms with Gasteiger partial charge in [-0.05, 0) is 27.7 Å². The van der Waals surface area contributed by atoms with E-state index in [2.05, 4.69) is 37.3 Å². The van der Waals surface area contributed by atoms with Crippen molar-refractivity contribution in [2.24, 2.45) is 0 Å². The molecule has 0 radical (unpaired) electrons. The molecule has 0 bridgehead atoms. The van der Waals surface area contributed by atoms with Crippen LogP contribution in [0, 0.1) is 0 Å². The highest BCUT2D eigenvalue weighted by atomic mass is 16.6. The number of aryl methyl sites for hydroxylation is 1. The molecule has 23 heavy (non-hydrogen) atoms. The molecule has 2 rings (SSSR count). The normalized spacial score (nSPS) is 11.5. The lowest BCUT2D eigenvalue weighted by atomic mass is 10.2. The van der Waals surface area contributed by atoms with Gasteiger partial charge in [-0.25, -0.2) is 9.78 Å². The summed E-state index contributed by atoms with van der Waals surface area (Å²) in [6.45, 7) is 9.66. The van der Waals surface area contributed by atoms with Gasteiger partial charge in [0.25, 0.3) is 0 Å². The van der Waals surface area contributed by atoms with Gasteiger partial charge in [0.15, 0.2) is 0 Å². The van der Waals surface area contributed by atoms with Gasteiger partial charge in [-0.2, -0.15) is 5.10 Å². The molecule has 1 amide bonds. The van der Waals surface area contributed by atoms with E-state index in [9.17, 15) is 4.79 Å². The molecule has 126 valence electrons. The Labute approximate surface area is 135 Å². The van der Waals surface area contributed by atoms with Gasteiger partial charge in [0, 0.05) is 31.4 Å². The Kier molecular flexibility index (Phi) is 5.38. The number of rotatable bonds is 6. The first kappa shape index (κ1) is 17.0. The predicted molar refractivity (Wildman–Crippen MR) is 86.9 cm³/mol. The standard InChI is InChI=1S/C15H24N6O2/c1-5-21-10-17-9-12(21)8-16-6-11-7-18-20-13(11)19-14(22)23-15(2,3)4/h7,9-10,16H,5-6,8H2,1-4H3,(H2,18,19,20,22). The Bertz CT molecular complexity index is 640. The number of amides is 1. The third-order valence-corrected chi connectivity index (χ3v) is 3.10. The van der Waals surface area contributed by atoms with E-state index in [-0.39, 0.29) is 0 Å². The molecule has 0 saturated heterocycles. The molecule has 8 heteroatoms. The van der Waals surface area contributed by atoms with Crippen molar-refractivity contribution in [3.63, 3.8) is 0 Å². The fraction of sp³-hybridized carbons (Fsp3) is 0.533. The molecule has 0 aromatic carbocycles. The molecular weight excluding hydrogens is 296 g/mol. The third-order valence-electron chi connectivity index (χ3n) is 3.10. The van der Waals surface area contributed by atoms with Gasteiger partial charge in [0.05, 0.1) is 18.2 Å². The van der Waals surface area contributed by atoms with E-state index in [4.69, 9.17) is 4.74 Å². The molecule has 2 aromatic heterocycles. The lowest BCUT2D eigenvalue weighted by Crippen LogP contribution is -2.27. The van der Waals surface area contributed by atoms with Crippen LogP contribution in [-0.2, 0) is 24.4 Å². The van der Waals surface area contributed by atoms with Crippen molar-refractivity contribution >= 4 is 11.9 Å². The molecule has 0 aliphatic heterocycles. The SMILES string of the molecule is CCn1cncc1CNCc1cn[nH]c1NC(=O)OC(C)(C)C. The van der Waals surface area contributed by atoms with Crippen LogP contribution in [0.15, 0.2) is 18.7 Å². The van der Waals surface area contributed by atoms with Crippen LogP contribution >= 0.6 is 0 Å². The van der Waals surface area contributed by atoms with Crippen molar-refractivity contribution in [3.8, 4) is 0 Å². The first-order chi connectivity index (χ1) is 10.9. The monoisotopic (exact) mass is 320 g/mol. The Morgan fingerprint density at radius 1 is 1.35 bits per heavy atom. The van der Waals surface area contributed by atoms with Crippen LogP contribution in [0.25, 0.3) is 0 Å². The van der Waals surface area contributed by atoms with Crippen LogP contribution in [0.4, 0.5) is 10.6 Å². The van der Waals surface area contributed by atoms with Gasteiger partial charge in [0.1, 0.15) is 11.4 Å². The largest absolute Gasteiger partial charge is 0.444 e. The highest BCUT2D eigenvalue weighted by molar-refractivity contribution is 5.84. The summed E-state index contributed by atoms with van der Waals surface area (Å²) in [5.41, 5.74) is 1.43. The number of H-pyrrole nitrogens is 1.